The van der Waals surface area contributed by atoms with E-state index in [2.05, 4.69) is 26.6 Å². The first kappa shape index (κ1) is 17.6. The summed E-state index contributed by atoms with van der Waals surface area (Å²) in [7, 11) is 0. The molecule has 0 radical (unpaired) electrons. The topological polar surface area (TPSA) is 84.3 Å². The van der Waals surface area contributed by atoms with E-state index in [1.54, 1.807) is 13.0 Å². The van der Waals surface area contributed by atoms with E-state index in [9.17, 15) is 14.9 Å². The molecule has 0 saturated carbocycles. The van der Waals surface area contributed by atoms with Crippen molar-refractivity contribution in [1.29, 1.82) is 0 Å². The lowest BCUT2D eigenvalue weighted by Gasteiger charge is -2.23. The molecular formula is C14H20BrN3O3. The Hall–Kier alpha value is -1.47. The fraction of sp³-hybridized carbons (Fsp3) is 0.500. The lowest BCUT2D eigenvalue weighted by atomic mass is 10.1. The second-order valence-corrected chi connectivity index (χ2v) is 6.83. The number of non-ortho nitro benzene ring substituents is 1. The average molecular weight is 358 g/mol. The zero-order chi connectivity index (χ0) is 16.2. The van der Waals surface area contributed by atoms with Crippen LogP contribution in [0, 0.1) is 10.1 Å². The number of nitrogens with one attached hydrogen (secondary N) is 2. The van der Waals surface area contributed by atoms with Crippen LogP contribution in [0.15, 0.2) is 22.7 Å². The number of rotatable bonds is 5. The number of halogens is 1. The summed E-state index contributed by atoms with van der Waals surface area (Å²) < 4.78 is 0.639. The van der Waals surface area contributed by atoms with Crippen LogP contribution in [-0.4, -0.2) is 22.4 Å². The van der Waals surface area contributed by atoms with Crippen molar-refractivity contribution in [3.8, 4) is 0 Å². The van der Waals surface area contributed by atoms with Crippen LogP contribution in [0.1, 0.15) is 33.3 Å². The fourth-order valence-corrected chi connectivity index (χ4v) is 2.21. The molecule has 0 spiro atoms. The minimum atomic E-state index is -0.440. The Balaban J connectivity index is 2.67. The van der Waals surface area contributed by atoms with E-state index in [1.165, 1.54) is 12.1 Å². The van der Waals surface area contributed by atoms with E-state index in [1.807, 2.05) is 20.8 Å². The van der Waals surface area contributed by atoms with Gasteiger partial charge in [0.15, 0.2) is 0 Å². The standard InChI is InChI=1S/C14H20BrN3O3/c1-9(13(19)17-14(2,3)4)16-8-10-5-11(15)7-12(6-10)18(20)21/h5-7,9,16H,8H2,1-4H3,(H,17,19). The average Bonchev–Trinajstić information content (AvgIpc) is 2.33. The largest absolute Gasteiger partial charge is 0.350 e. The third-order valence-corrected chi connectivity index (χ3v) is 3.11. The van der Waals surface area contributed by atoms with Crippen LogP contribution in [0.4, 0.5) is 5.69 Å². The van der Waals surface area contributed by atoms with E-state index in [-0.39, 0.29) is 23.2 Å². The fourth-order valence-electron chi connectivity index (χ4n) is 1.68. The first-order valence-electron chi connectivity index (χ1n) is 6.58. The molecule has 2 N–H and O–H groups in total. The number of amides is 1. The minimum Gasteiger partial charge on any atom is -0.350 e. The summed E-state index contributed by atoms with van der Waals surface area (Å²) in [5.41, 5.74) is 0.473. The summed E-state index contributed by atoms with van der Waals surface area (Å²) >= 11 is 3.25. The Morgan fingerprint density at radius 1 is 1.38 bits per heavy atom. The van der Waals surface area contributed by atoms with Crippen molar-refractivity contribution in [2.45, 2.75) is 45.8 Å². The highest BCUT2D eigenvalue weighted by atomic mass is 79.9. The monoisotopic (exact) mass is 357 g/mol. The van der Waals surface area contributed by atoms with Crippen LogP contribution in [0.2, 0.25) is 0 Å². The van der Waals surface area contributed by atoms with Gasteiger partial charge in [0.25, 0.3) is 5.69 Å². The maximum atomic E-state index is 11.9. The van der Waals surface area contributed by atoms with Crippen LogP contribution >= 0.6 is 15.9 Å². The molecule has 1 rings (SSSR count). The van der Waals surface area contributed by atoms with Crippen LogP contribution in [0.3, 0.4) is 0 Å². The lowest BCUT2D eigenvalue weighted by Crippen LogP contribution is -2.49. The molecule has 1 amide bonds. The second-order valence-electron chi connectivity index (χ2n) is 5.92. The Morgan fingerprint density at radius 3 is 2.52 bits per heavy atom. The number of carbonyl (C=O) groups is 1. The van der Waals surface area contributed by atoms with Crippen molar-refractivity contribution in [3.63, 3.8) is 0 Å². The third-order valence-electron chi connectivity index (χ3n) is 2.66. The van der Waals surface area contributed by atoms with Crippen LogP contribution < -0.4 is 10.6 Å². The van der Waals surface area contributed by atoms with Gasteiger partial charge in [-0.05, 0) is 39.3 Å². The van der Waals surface area contributed by atoms with Crippen LogP contribution in [0.25, 0.3) is 0 Å². The van der Waals surface area contributed by atoms with E-state index in [0.717, 1.165) is 5.56 Å². The maximum absolute atomic E-state index is 11.9. The van der Waals surface area contributed by atoms with Crippen molar-refractivity contribution < 1.29 is 9.72 Å². The van der Waals surface area contributed by atoms with E-state index >= 15 is 0 Å². The highest BCUT2D eigenvalue weighted by Crippen LogP contribution is 2.21. The van der Waals surface area contributed by atoms with Gasteiger partial charge in [-0.3, -0.25) is 14.9 Å². The Morgan fingerprint density at radius 2 is 2.00 bits per heavy atom. The summed E-state index contributed by atoms with van der Waals surface area (Å²) in [5, 5.41) is 16.7. The molecular weight excluding hydrogens is 338 g/mol. The lowest BCUT2D eigenvalue weighted by molar-refractivity contribution is -0.385. The first-order valence-corrected chi connectivity index (χ1v) is 7.37. The molecule has 0 aromatic heterocycles. The number of carbonyl (C=O) groups excluding carboxylic acids is 1. The molecule has 7 heteroatoms. The smallest absolute Gasteiger partial charge is 0.270 e. The van der Waals surface area contributed by atoms with Gasteiger partial charge in [-0.1, -0.05) is 15.9 Å². The normalized spacial score (nSPS) is 12.8. The summed E-state index contributed by atoms with van der Waals surface area (Å²) in [5.74, 6) is -0.105. The second kappa shape index (κ2) is 7.00. The zero-order valence-corrected chi connectivity index (χ0v) is 14.2. The highest BCUT2D eigenvalue weighted by molar-refractivity contribution is 9.10. The molecule has 0 bridgehead atoms. The zero-order valence-electron chi connectivity index (χ0n) is 12.6. The predicted octanol–water partition coefficient (Wildman–Crippen LogP) is 2.75. The molecule has 0 heterocycles. The molecule has 6 nitrogen and oxygen atoms in total. The molecule has 1 unspecified atom stereocenters. The van der Waals surface area contributed by atoms with Gasteiger partial charge >= 0.3 is 0 Å². The summed E-state index contributed by atoms with van der Waals surface area (Å²) in [6.07, 6.45) is 0. The van der Waals surface area contributed by atoms with Gasteiger partial charge < -0.3 is 10.6 Å². The van der Waals surface area contributed by atoms with Crippen molar-refractivity contribution in [2.75, 3.05) is 0 Å². The van der Waals surface area contributed by atoms with Crippen LogP contribution in [0.5, 0.6) is 0 Å². The number of nitrogens with zero attached hydrogens (tertiary/aromatic N) is 1. The Labute approximate surface area is 132 Å². The molecule has 0 aliphatic heterocycles. The molecule has 0 fully saturated rings. The van der Waals surface area contributed by atoms with E-state index < -0.39 is 4.92 Å². The molecule has 1 aromatic carbocycles. The number of hydrogen-bond acceptors (Lipinski definition) is 4. The maximum Gasteiger partial charge on any atom is 0.270 e. The van der Waals surface area contributed by atoms with Gasteiger partial charge in [0.1, 0.15) is 0 Å². The van der Waals surface area contributed by atoms with Crippen molar-refractivity contribution in [2.24, 2.45) is 0 Å². The van der Waals surface area contributed by atoms with Crippen molar-refractivity contribution in [1.82, 2.24) is 10.6 Å². The molecule has 1 aromatic rings. The Bertz CT molecular complexity index is 541. The van der Waals surface area contributed by atoms with Gasteiger partial charge in [-0.2, -0.15) is 0 Å². The molecule has 1 atom stereocenters. The molecule has 116 valence electrons. The number of benzene rings is 1. The van der Waals surface area contributed by atoms with Crippen molar-refractivity contribution >= 4 is 27.5 Å². The van der Waals surface area contributed by atoms with Crippen LogP contribution in [-0.2, 0) is 11.3 Å². The number of nitro benzene ring substituents is 1. The number of hydrogen-bond donors (Lipinski definition) is 2. The Kier molecular flexibility index (Phi) is 5.86. The third kappa shape index (κ3) is 6.22. The van der Waals surface area contributed by atoms with Gasteiger partial charge in [0.2, 0.25) is 5.91 Å². The summed E-state index contributed by atoms with van der Waals surface area (Å²) in [6.45, 7) is 7.87. The quantitative estimate of drug-likeness (QED) is 0.626. The van der Waals surface area contributed by atoms with Gasteiger partial charge in [0, 0.05) is 28.7 Å². The first-order chi connectivity index (χ1) is 9.58. The molecule has 0 aliphatic rings. The summed E-state index contributed by atoms with van der Waals surface area (Å²) in [6, 6.07) is 4.34. The van der Waals surface area contributed by atoms with E-state index in [0.29, 0.717) is 11.0 Å². The van der Waals surface area contributed by atoms with Gasteiger partial charge in [0.05, 0.1) is 11.0 Å². The molecule has 0 saturated heterocycles. The molecule has 21 heavy (non-hydrogen) atoms. The SMILES string of the molecule is CC(NCc1cc(Br)cc([N+](=O)[O-])c1)C(=O)NC(C)(C)C. The highest BCUT2D eigenvalue weighted by Gasteiger charge is 2.19. The predicted molar refractivity (Wildman–Crippen MR) is 85.0 cm³/mol. The van der Waals surface area contributed by atoms with E-state index in [4.69, 9.17) is 0 Å². The minimum absolute atomic E-state index is 0.0213. The van der Waals surface area contributed by atoms with Crippen molar-refractivity contribution in [3.05, 3.63) is 38.3 Å². The van der Waals surface area contributed by atoms with Gasteiger partial charge in [-0.15, -0.1) is 0 Å². The number of nitro groups is 1. The van der Waals surface area contributed by atoms with Gasteiger partial charge in [-0.25, -0.2) is 0 Å². The summed E-state index contributed by atoms with van der Waals surface area (Å²) in [4.78, 5) is 22.3. The molecule has 0 aliphatic carbocycles.